The van der Waals surface area contributed by atoms with Gasteiger partial charge in [0.15, 0.2) is 0 Å². The fourth-order valence-electron chi connectivity index (χ4n) is 2.90. The summed E-state index contributed by atoms with van der Waals surface area (Å²) in [5.41, 5.74) is 1.69. The number of hydrogen-bond donors (Lipinski definition) is 1. The Morgan fingerprint density at radius 1 is 1.45 bits per heavy atom. The van der Waals surface area contributed by atoms with Crippen LogP contribution in [0.25, 0.3) is 0 Å². The first-order valence-corrected chi connectivity index (χ1v) is 7.32. The van der Waals surface area contributed by atoms with Gasteiger partial charge in [-0.2, -0.15) is 0 Å². The number of hydrogen-bond acceptors (Lipinski definition) is 3. The molecular formula is C16H25FN2O. The van der Waals surface area contributed by atoms with E-state index >= 15 is 0 Å². The Labute approximate surface area is 121 Å². The van der Waals surface area contributed by atoms with Crippen LogP contribution in [0.2, 0.25) is 0 Å². The Morgan fingerprint density at radius 2 is 2.20 bits per heavy atom. The number of halogens is 1. The first-order valence-electron chi connectivity index (χ1n) is 7.32. The van der Waals surface area contributed by atoms with E-state index < -0.39 is 0 Å². The Bertz CT molecular complexity index is 448. The minimum absolute atomic E-state index is 0.0539. The molecule has 112 valence electrons. The number of benzene rings is 1. The molecule has 2 atom stereocenters. The van der Waals surface area contributed by atoms with Gasteiger partial charge in [0.1, 0.15) is 5.82 Å². The van der Waals surface area contributed by atoms with Crippen molar-refractivity contribution in [1.82, 2.24) is 10.2 Å². The molecule has 1 fully saturated rings. The third-order valence-corrected chi connectivity index (χ3v) is 4.00. The van der Waals surface area contributed by atoms with Gasteiger partial charge in [0, 0.05) is 19.1 Å². The van der Waals surface area contributed by atoms with Crippen molar-refractivity contribution in [3.05, 3.63) is 35.1 Å². The molecule has 2 unspecified atom stereocenters. The molecule has 4 heteroatoms. The van der Waals surface area contributed by atoms with Crippen LogP contribution >= 0.6 is 0 Å². The second-order valence-electron chi connectivity index (χ2n) is 5.75. The predicted octanol–water partition coefficient (Wildman–Crippen LogP) is 2.50. The number of aryl methyl sites for hydroxylation is 1. The number of likely N-dealkylation sites (N-methyl/N-ethyl adjacent to an activating group) is 1. The van der Waals surface area contributed by atoms with Crippen LogP contribution in [-0.4, -0.2) is 43.8 Å². The lowest BCUT2D eigenvalue weighted by molar-refractivity contribution is -0.0816. The fourth-order valence-corrected chi connectivity index (χ4v) is 2.90. The smallest absolute Gasteiger partial charge is 0.126 e. The molecule has 0 saturated carbocycles. The monoisotopic (exact) mass is 280 g/mol. The van der Waals surface area contributed by atoms with Crippen LogP contribution in [0, 0.1) is 12.7 Å². The van der Waals surface area contributed by atoms with Gasteiger partial charge in [-0.25, -0.2) is 4.39 Å². The van der Waals surface area contributed by atoms with E-state index in [1.54, 1.807) is 13.0 Å². The van der Waals surface area contributed by atoms with Crippen molar-refractivity contribution in [2.24, 2.45) is 0 Å². The van der Waals surface area contributed by atoms with E-state index in [4.69, 9.17) is 4.74 Å². The molecule has 0 spiro atoms. The lowest BCUT2D eigenvalue weighted by atomic mass is 9.95. The zero-order valence-electron chi connectivity index (χ0n) is 12.8. The highest BCUT2D eigenvalue weighted by molar-refractivity contribution is 5.27. The molecule has 1 aliphatic rings. The van der Waals surface area contributed by atoms with Crippen LogP contribution in [0.4, 0.5) is 4.39 Å². The molecule has 1 N–H and O–H groups in total. The molecule has 0 amide bonds. The van der Waals surface area contributed by atoms with E-state index in [0.717, 1.165) is 25.3 Å². The molecule has 1 aliphatic heterocycles. The van der Waals surface area contributed by atoms with Gasteiger partial charge in [0.25, 0.3) is 0 Å². The maximum absolute atomic E-state index is 13.9. The minimum Gasteiger partial charge on any atom is -0.374 e. The highest BCUT2D eigenvalue weighted by atomic mass is 19.1. The molecule has 0 aromatic heterocycles. The average Bonchev–Trinajstić information content (AvgIpc) is 2.42. The number of ether oxygens (including phenoxy) is 1. The standard InChI is InChI=1S/C16H25FN2O/c1-11(2)19-7-8-20-15(10-18-4)16(19)13-6-5-12(3)14(17)9-13/h5-6,9,11,15-16,18H,7-8,10H2,1-4H3. The van der Waals surface area contributed by atoms with E-state index in [1.807, 2.05) is 19.2 Å². The Hall–Kier alpha value is -0.970. The summed E-state index contributed by atoms with van der Waals surface area (Å²) < 4.78 is 19.8. The molecule has 0 radical (unpaired) electrons. The van der Waals surface area contributed by atoms with Crippen LogP contribution < -0.4 is 5.32 Å². The largest absolute Gasteiger partial charge is 0.374 e. The zero-order valence-corrected chi connectivity index (χ0v) is 12.8. The van der Waals surface area contributed by atoms with Crippen molar-refractivity contribution in [3.8, 4) is 0 Å². The first kappa shape index (κ1) is 15.4. The lowest BCUT2D eigenvalue weighted by Crippen LogP contribution is -2.51. The van der Waals surface area contributed by atoms with Crippen LogP contribution in [0.1, 0.15) is 31.0 Å². The molecule has 0 bridgehead atoms. The van der Waals surface area contributed by atoms with E-state index in [9.17, 15) is 4.39 Å². The quantitative estimate of drug-likeness (QED) is 0.917. The minimum atomic E-state index is -0.139. The van der Waals surface area contributed by atoms with Crippen molar-refractivity contribution in [3.63, 3.8) is 0 Å². The summed E-state index contributed by atoms with van der Waals surface area (Å²) in [6.07, 6.45) is 0.0539. The maximum atomic E-state index is 13.9. The van der Waals surface area contributed by atoms with Crippen LogP contribution in [0.3, 0.4) is 0 Å². The highest BCUT2D eigenvalue weighted by Crippen LogP contribution is 2.31. The predicted molar refractivity (Wildman–Crippen MR) is 79.4 cm³/mol. The van der Waals surface area contributed by atoms with E-state index in [-0.39, 0.29) is 18.0 Å². The molecule has 1 aromatic rings. The fraction of sp³-hybridized carbons (Fsp3) is 0.625. The highest BCUT2D eigenvalue weighted by Gasteiger charge is 2.34. The van der Waals surface area contributed by atoms with Crippen molar-refractivity contribution in [2.75, 3.05) is 26.7 Å². The molecule has 0 aliphatic carbocycles. The van der Waals surface area contributed by atoms with Gasteiger partial charge < -0.3 is 10.1 Å². The van der Waals surface area contributed by atoms with Crippen LogP contribution in [-0.2, 0) is 4.74 Å². The SMILES string of the molecule is CNCC1OCCN(C(C)C)C1c1ccc(C)c(F)c1. The van der Waals surface area contributed by atoms with Crippen LogP contribution in [0.5, 0.6) is 0 Å². The normalized spacial score (nSPS) is 24.3. The summed E-state index contributed by atoms with van der Waals surface area (Å²) in [6.45, 7) is 8.54. The van der Waals surface area contributed by atoms with Gasteiger partial charge in [-0.1, -0.05) is 12.1 Å². The molecule has 20 heavy (non-hydrogen) atoms. The molecule has 1 aromatic carbocycles. The topological polar surface area (TPSA) is 24.5 Å². The first-order chi connectivity index (χ1) is 9.54. The summed E-state index contributed by atoms with van der Waals surface area (Å²) in [4.78, 5) is 2.40. The number of rotatable bonds is 4. The Morgan fingerprint density at radius 3 is 2.80 bits per heavy atom. The molecular weight excluding hydrogens is 255 g/mol. The Kier molecular flexibility index (Phi) is 5.13. The summed E-state index contributed by atoms with van der Waals surface area (Å²) in [6, 6.07) is 6.05. The van der Waals surface area contributed by atoms with Gasteiger partial charge in [-0.3, -0.25) is 4.90 Å². The summed E-state index contributed by atoms with van der Waals surface area (Å²) in [7, 11) is 1.92. The lowest BCUT2D eigenvalue weighted by Gasteiger charge is -2.43. The van der Waals surface area contributed by atoms with Gasteiger partial charge in [-0.15, -0.1) is 0 Å². The van der Waals surface area contributed by atoms with Crippen molar-refractivity contribution >= 4 is 0 Å². The second kappa shape index (κ2) is 6.66. The molecule has 3 nitrogen and oxygen atoms in total. The van der Waals surface area contributed by atoms with Gasteiger partial charge in [0.05, 0.1) is 18.8 Å². The summed E-state index contributed by atoms with van der Waals surface area (Å²) >= 11 is 0. The van der Waals surface area contributed by atoms with E-state index in [1.165, 1.54) is 0 Å². The molecule has 2 rings (SSSR count). The summed E-state index contributed by atoms with van der Waals surface area (Å²) in [5, 5.41) is 3.18. The summed E-state index contributed by atoms with van der Waals surface area (Å²) in [5.74, 6) is -0.139. The second-order valence-corrected chi connectivity index (χ2v) is 5.75. The van der Waals surface area contributed by atoms with Crippen molar-refractivity contribution < 1.29 is 9.13 Å². The van der Waals surface area contributed by atoms with Gasteiger partial charge >= 0.3 is 0 Å². The molecule has 1 heterocycles. The van der Waals surface area contributed by atoms with E-state index in [2.05, 4.69) is 24.1 Å². The van der Waals surface area contributed by atoms with Crippen LogP contribution in [0.15, 0.2) is 18.2 Å². The third kappa shape index (κ3) is 3.19. The van der Waals surface area contributed by atoms with E-state index in [0.29, 0.717) is 11.6 Å². The Balaban J connectivity index is 2.35. The number of morpholine rings is 1. The molecule has 1 saturated heterocycles. The van der Waals surface area contributed by atoms with Gasteiger partial charge in [0.2, 0.25) is 0 Å². The average molecular weight is 280 g/mol. The number of nitrogens with one attached hydrogen (secondary N) is 1. The number of nitrogens with zero attached hydrogens (tertiary/aromatic N) is 1. The maximum Gasteiger partial charge on any atom is 0.126 e. The van der Waals surface area contributed by atoms with Gasteiger partial charge in [-0.05, 0) is 45.0 Å². The van der Waals surface area contributed by atoms with Crippen molar-refractivity contribution in [2.45, 2.75) is 39.0 Å². The third-order valence-electron chi connectivity index (χ3n) is 4.00. The van der Waals surface area contributed by atoms with Crippen molar-refractivity contribution in [1.29, 1.82) is 0 Å². The zero-order chi connectivity index (χ0) is 14.7.